The summed E-state index contributed by atoms with van der Waals surface area (Å²) in [4.78, 5) is 0. The third kappa shape index (κ3) is 3.29. The maximum absolute atomic E-state index is 10.2. The molecule has 7 heteroatoms. The molecule has 2 rings (SSSR count). The van der Waals surface area contributed by atoms with Gasteiger partial charge in [0.25, 0.3) is 5.03 Å². The van der Waals surface area contributed by atoms with Gasteiger partial charge in [-0.2, -0.15) is 0 Å². The quantitative estimate of drug-likeness (QED) is 0.538. The van der Waals surface area contributed by atoms with E-state index >= 15 is 0 Å². The zero-order chi connectivity index (χ0) is 13.9. The molecular weight excluding hydrogens is 286 g/mol. The maximum Gasteiger partial charge on any atom is 0.289 e. The number of ether oxygens (including phenoxy) is 1. The second kappa shape index (κ2) is 6.23. The Hall–Kier alpha value is -0.600. The molecule has 108 valence electrons. The first-order valence-corrected chi connectivity index (χ1v) is 9.11. The van der Waals surface area contributed by atoms with Crippen LogP contribution in [-0.4, -0.2) is 44.5 Å². The molecule has 0 aliphatic carbocycles. The van der Waals surface area contributed by atoms with E-state index in [2.05, 4.69) is 6.08 Å². The SMILES string of the molecule is COCCCN1C([S+]2C=CCC2)=C(O)C=CS1(O)O. The van der Waals surface area contributed by atoms with Gasteiger partial charge < -0.3 is 9.84 Å². The monoisotopic (exact) mass is 306 g/mol. The van der Waals surface area contributed by atoms with Crippen LogP contribution in [0.15, 0.2) is 33.8 Å². The van der Waals surface area contributed by atoms with Gasteiger partial charge in [0.15, 0.2) is 5.76 Å². The fourth-order valence-electron chi connectivity index (χ4n) is 2.01. The Bertz CT molecular complexity index is 420. The predicted molar refractivity (Wildman–Crippen MR) is 80.8 cm³/mol. The van der Waals surface area contributed by atoms with Crippen LogP contribution in [0.25, 0.3) is 0 Å². The van der Waals surface area contributed by atoms with E-state index in [1.54, 1.807) is 11.4 Å². The van der Waals surface area contributed by atoms with Gasteiger partial charge in [0.1, 0.15) is 11.2 Å². The van der Waals surface area contributed by atoms with E-state index in [-0.39, 0.29) is 16.7 Å². The van der Waals surface area contributed by atoms with Gasteiger partial charge in [0.2, 0.25) is 0 Å². The number of hydrogen-bond donors (Lipinski definition) is 3. The highest BCUT2D eigenvalue weighted by atomic mass is 32.3. The second-order valence-electron chi connectivity index (χ2n) is 4.30. The Morgan fingerprint density at radius 1 is 1.47 bits per heavy atom. The Labute approximate surface area is 118 Å². The third-order valence-electron chi connectivity index (χ3n) is 2.90. The van der Waals surface area contributed by atoms with Gasteiger partial charge in [0, 0.05) is 38.2 Å². The molecule has 0 bridgehead atoms. The lowest BCUT2D eigenvalue weighted by atomic mass is 10.4. The highest BCUT2D eigenvalue weighted by Crippen LogP contribution is 2.52. The molecule has 0 saturated carbocycles. The van der Waals surface area contributed by atoms with Gasteiger partial charge in [-0.1, -0.05) is 10.8 Å². The molecule has 0 saturated heterocycles. The minimum Gasteiger partial charge on any atom is -0.502 e. The zero-order valence-corrected chi connectivity index (χ0v) is 12.5. The summed E-state index contributed by atoms with van der Waals surface area (Å²) in [5.41, 5.74) is 0. The van der Waals surface area contributed by atoms with Crippen molar-refractivity contribution in [3.8, 4) is 0 Å². The Morgan fingerprint density at radius 3 is 2.89 bits per heavy atom. The van der Waals surface area contributed by atoms with Crippen molar-refractivity contribution in [3.63, 3.8) is 0 Å². The van der Waals surface area contributed by atoms with Gasteiger partial charge in [-0.15, -0.1) is 0 Å². The summed E-state index contributed by atoms with van der Waals surface area (Å²) in [6.45, 7) is 1.00. The van der Waals surface area contributed by atoms with Crippen LogP contribution in [0.1, 0.15) is 12.8 Å². The van der Waals surface area contributed by atoms with Crippen LogP contribution in [0.4, 0.5) is 0 Å². The van der Waals surface area contributed by atoms with Gasteiger partial charge in [-0.25, -0.2) is 4.31 Å². The first-order valence-electron chi connectivity index (χ1n) is 6.09. The molecule has 0 aromatic carbocycles. The Morgan fingerprint density at radius 2 is 2.26 bits per heavy atom. The van der Waals surface area contributed by atoms with Crippen LogP contribution in [0.2, 0.25) is 0 Å². The molecule has 5 nitrogen and oxygen atoms in total. The number of aliphatic hydroxyl groups excluding tert-OH is 1. The maximum atomic E-state index is 10.2. The van der Waals surface area contributed by atoms with E-state index in [9.17, 15) is 14.2 Å². The molecular formula is C12H20NO4S2+. The fourth-order valence-corrected chi connectivity index (χ4v) is 5.73. The fraction of sp³-hybridized carbons (Fsp3) is 0.500. The minimum atomic E-state index is -2.97. The van der Waals surface area contributed by atoms with E-state index in [1.807, 2.05) is 5.41 Å². The third-order valence-corrected chi connectivity index (χ3v) is 6.65. The average molecular weight is 306 g/mol. The van der Waals surface area contributed by atoms with E-state index in [4.69, 9.17) is 4.74 Å². The number of aliphatic hydroxyl groups is 1. The number of methoxy groups -OCH3 is 1. The largest absolute Gasteiger partial charge is 0.502 e. The summed E-state index contributed by atoms with van der Waals surface area (Å²) in [6, 6.07) is 0. The van der Waals surface area contributed by atoms with E-state index in [1.165, 1.54) is 11.5 Å². The number of hydrogen-bond acceptors (Lipinski definition) is 5. The van der Waals surface area contributed by atoms with Gasteiger partial charge in [-0.3, -0.25) is 9.11 Å². The van der Waals surface area contributed by atoms with Crippen LogP contribution in [-0.2, 0) is 15.6 Å². The molecule has 2 heterocycles. The second-order valence-corrected chi connectivity index (χ2v) is 8.06. The van der Waals surface area contributed by atoms with Crippen LogP contribution in [0.3, 0.4) is 0 Å². The van der Waals surface area contributed by atoms with E-state index < -0.39 is 10.8 Å². The van der Waals surface area contributed by atoms with Crippen molar-refractivity contribution in [2.75, 3.05) is 26.0 Å². The van der Waals surface area contributed by atoms with Crippen molar-refractivity contribution in [1.29, 1.82) is 0 Å². The molecule has 0 amide bonds. The molecule has 0 aromatic heterocycles. The predicted octanol–water partition coefficient (Wildman–Crippen LogP) is 2.78. The van der Waals surface area contributed by atoms with Crippen molar-refractivity contribution < 1.29 is 18.9 Å². The molecule has 1 atom stereocenters. The number of allylic oxidation sites excluding steroid dienone is 2. The topological polar surface area (TPSA) is 73.2 Å². The first-order chi connectivity index (χ1) is 9.06. The average Bonchev–Trinajstić information content (AvgIpc) is 2.88. The highest BCUT2D eigenvalue weighted by Gasteiger charge is 2.40. The van der Waals surface area contributed by atoms with Gasteiger partial charge in [-0.05, 0) is 12.5 Å². The molecule has 0 radical (unpaired) electrons. The van der Waals surface area contributed by atoms with Crippen molar-refractivity contribution in [1.82, 2.24) is 4.31 Å². The van der Waals surface area contributed by atoms with Crippen LogP contribution in [0.5, 0.6) is 0 Å². The molecule has 3 N–H and O–H groups in total. The van der Waals surface area contributed by atoms with Crippen LogP contribution < -0.4 is 0 Å². The van der Waals surface area contributed by atoms with E-state index in [0.717, 1.165) is 12.2 Å². The van der Waals surface area contributed by atoms with Crippen molar-refractivity contribution in [2.45, 2.75) is 12.8 Å². The van der Waals surface area contributed by atoms with Crippen LogP contribution in [0, 0.1) is 0 Å². The molecule has 2 aliphatic rings. The molecule has 0 aromatic rings. The number of rotatable bonds is 5. The van der Waals surface area contributed by atoms with Crippen molar-refractivity contribution in [3.05, 3.63) is 33.8 Å². The van der Waals surface area contributed by atoms with Gasteiger partial charge in [0.05, 0.1) is 10.9 Å². The molecule has 1 unspecified atom stereocenters. The molecule has 0 spiro atoms. The number of nitrogens with zero attached hydrogens (tertiary/aromatic N) is 1. The zero-order valence-electron chi connectivity index (χ0n) is 10.9. The molecule has 19 heavy (non-hydrogen) atoms. The normalized spacial score (nSPS) is 27.1. The Kier molecular flexibility index (Phi) is 4.86. The summed E-state index contributed by atoms with van der Waals surface area (Å²) in [6.07, 6.45) is 5.12. The summed E-state index contributed by atoms with van der Waals surface area (Å²) in [5.74, 6) is 1.06. The lowest BCUT2D eigenvalue weighted by Crippen LogP contribution is -2.34. The first kappa shape index (κ1) is 14.8. The summed E-state index contributed by atoms with van der Waals surface area (Å²) < 4.78 is 26.9. The van der Waals surface area contributed by atoms with E-state index in [0.29, 0.717) is 24.6 Å². The highest BCUT2D eigenvalue weighted by molar-refractivity contribution is 8.25. The van der Waals surface area contributed by atoms with Crippen LogP contribution >= 0.6 is 10.8 Å². The Balaban J connectivity index is 2.21. The summed E-state index contributed by atoms with van der Waals surface area (Å²) >= 11 is 0. The smallest absolute Gasteiger partial charge is 0.289 e. The summed E-state index contributed by atoms with van der Waals surface area (Å²) in [5, 5.41) is 14.0. The summed E-state index contributed by atoms with van der Waals surface area (Å²) in [7, 11) is -1.60. The van der Waals surface area contributed by atoms with Crippen molar-refractivity contribution >= 4 is 21.7 Å². The molecule has 2 aliphatic heterocycles. The standard InChI is InChI=1S/C12H19NO4S2/c1-17-7-4-6-13-12(18-8-2-3-9-18)11(14)5-10-19(13,15)16/h2,5,8,10H,3-4,6-7,9H2,1H3,(H2-,14,15,16)/p+1. The lowest BCUT2D eigenvalue weighted by molar-refractivity contribution is 0.189. The van der Waals surface area contributed by atoms with Crippen molar-refractivity contribution in [2.24, 2.45) is 0 Å². The lowest BCUT2D eigenvalue weighted by Gasteiger charge is -2.42. The minimum absolute atomic E-state index is 0.138. The molecule has 0 fully saturated rings. The van der Waals surface area contributed by atoms with Gasteiger partial charge >= 0.3 is 0 Å².